The number of rotatable bonds is 4. The van der Waals surface area contributed by atoms with Crippen molar-refractivity contribution in [1.29, 1.82) is 5.26 Å². The highest BCUT2D eigenvalue weighted by Gasteiger charge is 2.06. The number of anilines is 2. The number of benzene rings is 1. The smallest absolute Gasteiger partial charge is 0.0670 e. The topological polar surface area (TPSA) is 74.7 Å². The lowest BCUT2D eigenvalue weighted by molar-refractivity contribution is 0.875. The highest BCUT2D eigenvalue weighted by molar-refractivity contribution is 5.58. The van der Waals surface area contributed by atoms with Crippen LogP contribution in [0.15, 0.2) is 42.7 Å². The van der Waals surface area contributed by atoms with Gasteiger partial charge in [0.15, 0.2) is 0 Å². The van der Waals surface area contributed by atoms with Crippen LogP contribution in [0.4, 0.5) is 11.4 Å². The fourth-order valence-corrected chi connectivity index (χ4v) is 1.90. The Morgan fingerprint density at radius 3 is 2.95 bits per heavy atom. The molecule has 1 aromatic heterocycles. The summed E-state index contributed by atoms with van der Waals surface area (Å²) < 4.78 is 0. The van der Waals surface area contributed by atoms with Crippen molar-refractivity contribution in [3.05, 3.63) is 53.9 Å². The molecule has 0 fully saturated rings. The molecule has 0 amide bonds. The summed E-state index contributed by atoms with van der Waals surface area (Å²) >= 11 is 0. The number of nitrogens with zero attached hydrogens (tertiary/aromatic N) is 2. The van der Waals surface area contributed by atoms with Crippen molar-refractivity contribution in [2.75, 3.05) is 11.1 Å². The molecule has 0 aliphatic rings. The molecule has 0 spiro atoms. The third-order valence-electron chi connectivity index (χ3n) is 2.98. The minimum absolute atomic E-state index is 0.146. The van der Waals surface area contributed by atoms with E-state index in [1.807, 2.05) is 36.5 Å². The van der Waals surface area contributed by atoms with E-state index in [-0.39, 0.29) is 6.04 Å². The Morgan fingerprint density at radius 1 is 1.42 bits per heavy atom. The zero-order chi connectivity index (χ0) is 13.7. The van der Waals surface area contributed by atoms with Crippen LogP contribution in [0, 0.1) is 11.3 Å². The maximum atomic E-state index is 8.76. The van der Waals surface area contributed by atoms with Gasteiger partial charge in [0.25, 0.3) is 0 Å². The highest BCUT2D eigenvalue weighted by atomic mass is 14.9. The first kappa shape index (κ1) is 12.9. The van der Waals surface area contributed by atoms with Gasteiger partial charge in [0.1, 0.15) is 0 Å². The number of nitrogens with one attached hydrogen (secondary N) is 1. The number of nitrogen functional groups attached to an aromatic ring is 1. The van der Waals surface area contributed by atoms with Crippen LogP contribution in [0.2, 0.25) is 0 Å². The lowest BCUT2D eigenvalue weighted by atomic mass is 10.1. The Bertz CT molecular complexity index is 587. The molecule has 0 aliphatic carbocycles. The third-order valence-corrected chi connectivity index (χ3v) is 2.98. The maximum absolute atomic E-state index is 8.76. The summed E-state index contributed by atoms with van der Waals surface area (Å²) in [7, 11) is 0. The highest BCUT2D eigenvalue weighted by Crippen LogP contribution is 2.22. The van der Waals surface area contributed by atoms with Crippen LogP contribution < -0.4 is 11.1 Å². The monoisotopic (exact) mass is 252 g/mol. The molecule has 4 heteroatoms. The van der Waals surface area contributed by atoms with Crippen LogP contribution in [-0.4, -0.2) is 4.98 Å². The molecular weight excluding hydrogens is 236 g/mol. The van der Waals surface area contributed by atoms with E-state index in [0.29, 0.717) is 12.1 Å². The van der Waals surface area contributed by atoms with E-state index < -0.39 is 0 Å². The molecule has 0 saturated heterocycles. The van der Waals surface area contributed by atoms with Crippen LogP contribution in [0.5, 0.6) is 0 Å². The summed E-state index contributed by atoms with van der Waals surface area (Å²) in [5.74, 6) is 0. The molecule has 1 unspecified atom stereocenters. The Balaban J connectivity index is 2.15. The van der Waals surface area contributed by atoms with Crippen molar-refractivity contribution >= 4 is 11.4 Å². The molecule has 2 aromatic rings. The van der Waals surface area contributed by atoms with Gasteiger partial charge in [0, 0.05) is 23.8 Å². The van der Waals surface area contributed by atoms with Gasteiger partial charge >= 0.3 is 0 Å². The molecule has 1 heterocycles. The second kappa shape index (κ2) is 5.87. The molecule has 0 bridgehead atoms. The van der Waals surface area contributed by atoms with Gasteiger partial charge in [-0.3, -0.25) is 4.98 Å². The Hall–Kier alpha value is -2.54. The standard InChI is InChI=1S/C15H16N4/c1-11(13-3-2-8-18-10-13)19-14-4-5-15(17)12(9-14)6-7-16/h2-5,8-11,19H,6,17H2,1H3. The maximum Gasteiger partial charge on any atom is 0.0670 e. The van der Waals surface area contributed by atoms with Gasteiger partial charge in [0.2, 0.25) is 0 Å². The summed E-state index contributed by atoms with van der Waals surface area (Å²) in [6, 6.07) is 11.9. The SMILES string of the molecule is CC(Nc1ccc(N)c(CC#N)c1)c1cccnc1. The van der Waals surface area contributed by atoms with Gasteiger partial charge in [-0.15, -0.1) is 0 Å². The molecule has 1 atom stereocenters. The minimum atomic E-state index is 0.146. The van der Waals surface area contributed by atoms with Crippen LogP contribution in [0.25, 0.3) is 0 Å². The number of aromatic nitrogens is 1. The Morgan fingerprint density at radius 2 is 2.26 bits per heavy atom. The third kappa shape index (κ3) is 3.23. The van der Waals surface area contributed by atoms with Crippen molar-refractivity contribution in [2.45, 2.75) is 19.4 Å². The molecule has 0 aliphatic heterocycles. The van der Waals surface area contributed by atoms with Crippen molar-refractivity contribution in [1.82, 2.24) is 4.98 Å². The number of hydrogen-bond donors (Lipinski definition) is 2. The predicted octanol–water partition coefficient (Wildman–Crippen LogP) is 2.90. The van der Waals surface area contributed by atoms with E-state index in [2.05, 4.69) is 23.3 Å². The van der Waals surface area contributed by atoms with Gasteiger partial charge in [-0.2, -0.15) is 5.26 Å². The number of nitriles is 1. The second-order valence-corrected chi connectivity index (χ2v) is 4.40. The van der Waals surface area contributed by atoms with Crippen LogP contribution in [0.1, 0.15) is 24.1 Å². The van der Waals surface area contributed by atoms with Gasteiger partial charge in [-0.25, -0.2) is 0 Å². The van der Waals surface area contributed by atoms with E-state index in [0.717, 1.165) is 16.8 Å². The van der Waals surface area contributed by atoms with Gasteiger partial charge in [-0.05, 0) is 42.3 Å². The Kier molecular flexibility index (Phi) is 3.99. The van der Waals surface area contributed by atoms with Crippen LogP contribution in [0.3, 0.4) is 0 Å². The minimum Gasteiger partial charge on any atom is -0.398 e. The zero-order valence-electron chi connectivity index (χ0n) is 10.8. The van der Waals surface area contributed by atoms with Crippen molar-refractivity contribution in [2.24, 2.45) is 0 Å². The van der Waals surface area contributed by atoms with Gasteiger partial charge < -0.3 is 11.1 Å². The molecule has 19 heavy (non-hydrogen) atoms. The molecule has 0 radical (unpaired) electrons. The van der Waals surface area contributed by atoms with Crippen molar-refractivity contribution in [3.8, 4) is 6.07 Å². The average Bonchev–Trinajstić information content (AvgIpc) is 2.44. The predicted molar refractivity (Wildman–Crippen MR) is 76.4 cm³/mol. The van der Waals surface area contributed by atoms with Gasteiger partial charge in [0.05, 0.1) is 18.5 Å². The average molecular weight is 252 g/mol. The number of hydrogen-bond acceptors (Lipinski definition) is 4. The number of nitrogens with two attached hydrogens (primary N) is 1. The molecular formula is C15H16N4. The van der Waals surface area contributed by atoms with Crippen LogP contribution in [-0.2, 0) is 6.42 Å². The lowest BCUT2D eigenvalue weighted by Crippen LogP contribution is -2.07. The normalized spacial score (nSPS) is 11.6. The number of pyridine rings is 1. The van der Waals surface area contributed by atoms with E-state index in [4.69, 9.17) is 11.0 Å². The molecule has 2 rings (SSSR count). The first-order chi connectivity index (χ1) is 9.20. The summed E-state index contributed by atoms with van der Waals surface area (Å²) in [6.45, 7) is 2.07. The first-order valence-corrected chi connectivity index (χ1v) is 6.12. The summed E-state index contributed by atoms with van der Waals surface area (Å²) in [6.07, 6.45) is 3.91. The molecule has 1 aromatic carbocycles. The summed E-state index contributed by atoms with van der Waals surface area (Å²) in [5, 5.41) is 12.1. The quantitative estimate of drug-likeness (QED) is 0.820. The Labute approximate surface area is 112 Å². The summed E-state index contributed by atoms with van der Waals surface area (Å²) in [5.41, 5.74) is 9.40. The summed E-state index contributed by atoms with van der Waals surface area (Å²) in [4.78, 5) is 4.11. The molecule has 3 N–H and O–H groups in total. The largest absolute Gasteiger partial charge is 0.398 e. The van der Waals surface area contributed by atoms with Crippen LogP contribution >= 0.6 is 0 Å². The van der Waals surface area contributed by atoms with Crippen molar-refractivity contribution < 1.29 is 0 Å². The first-order valence-electron chi connectivity index (χ1n) is 6.12. The molecule has 0 saturated carbocycles. The van der Waals surface area contributed by atoms with Gasteiger partial charge in [-0.1, -0.05) is 6.07 Å². The second-order valence-electron chi connectivity index (χ2n) is 4.40. The fraction of sp³-hybridized carbons (Fsp3) is 0.200. The van der Waals surface area contributed by atoms with E-state index in [1.165, 1.54) is 0 Å². The zero-order valence-corrected chi connectivity index (χ0v) is 10.8. The fourth-order valence-electron chi connectivity index (χ4n) is 1.90. The molecule has 96 valence electrons. The van der Waals surface area contributed by atoms with E-state index >= 15 is 0 Å². The molecule has 4 nitrogen and oxygen atoms in total. The van der Waals surface area contributed by atoms with E-state index in [1.54, 1.807) is 6.20 Å². The van der Waals surface area contributed by atoms with E-state index in [9.17, 15) is 0 Å². The van der Waals surface area contributed by atoms with Crippen molar-refractivity contribution in [3.63, 3.8) is 0 Å². The lowest BCUT2D eigenvalue weighted by Gasteiger charge is -2.16.